The molecule has 1 aromatic heterocycles. The van der Waals surface area contributed by atoms with Crippen molar-refractivity contribution in [1.29, 1.82) is 0 Å². The van der Waals surface area contributed by atoms with Crippen LogP contribution in [0.25, 0.3) is 11.0 Å². The summed E-state index contributed by atoms with van der Waals surface area (Å²) in [6.07, 6.45) is 4.12. The van der Waals surface area contributed by atoms with Crippen LogP contribution >= 0.6 is 0 Å². The number of piperidine rings is 1. The van der Waals surface area contributed by atoms with Crippen LogP contribution in [-0.4, -0.2) is 40.1 Å². The lowest BCUT2D eigenvalue weighted by Crippen LogP contribution is -2.41. The molecule has 1 N–H and O–H groups in total. The predicted octanol–water partition coefficient (Wildman–Crippen LogP) is 2.54. The van der Waals surface area contributed by atoms with Crippen molar-refractivity contribution < 1.29 is 0 Å². The highest BCUT2D eigenvalue weighted by Crippen LogP contribution is 2.14. The maximum absolute atomic E-state index is 4.72. The number of likely N-dealkylation sites (tertiary alicyclic amines) is 1. The quantitative estimate of drug-likeness (QED) is 0.917. The summed E-state index contributed by atoms with van der Waals surface area (Å²) in [7, 11) is 2.10. The summed E-state index contributed by atoms with van der Waals surface area (Å²) in [5.41, 5.74) is 2.29. The summed E-state index contributed by atoms with van der Waals surface area (Å²) >= 11 is 0. The van der Waals surface area contributed by atoms with Gasteiger partial charge in [0.2, 0.25) is 0 Å². The Morgan fingerprint density at radius 1 is 1.19 bits per heavy atom. The third-order valence-electron chi connectivity index (χ3n) is 4.47. The van der Waals surface area contributed by atoms with Crippen molar-refractivity contribution in [3.8, 4) is 0 Å². The summed E-state index contributed by atoms with van der Waals surface area (Å²) < 4.78 is 2.19. The zero-order valence-corrected chi connectivity index (χ0v) is 13.2. The van der Waals surface area contributed by atoms with E-state index in [1.807, 2.05) is 6.07 Å². The van der Waals surface area contributed by atoms with Crippen LogP contribution in [0.3, 0.4) is 0 Å². The molecule has 2 aromatic rings. The van der Waals surface area contributed by atoms with Gasteiger partial charge in [0.1, 0.15) is 5.82 Å². The zero-order valence-electron chi connectivity index (χ0n) is 13.2. The molecule has 1 unspecified atom stereocenters. The fourth-order valence-electron chi connectivity index (χ4n) is 3.21. The molecule has 1 atom stereocenters. The van der Waals surface area contributed by atoms with Crippen LogP contribution in [0.15, 0.2) is 24.3 Å². The third-order valence-corrected chi connectivity index (χ3v) is 4.47. The van der Waals surface area contributed by atoms with E-state index in [4.69, 9.17) is 4.98 Å². The van der Waals surface area contributed by atoms with Gasteiger partial charge in [-0.15, -0.1) is 0 Å². The fraction of sp³-hybridized carbons (Fsp3) is 0.588. The smallest absolute Gasteiger partial charge is 0.123 e. The third kappa shape index (κ3) is 3.44. The first-order valence-corrected chi connectivity index (χ1v) is 8.10. The van der Waals surface area contributed by atoms with Gasteiger partial charge in [-0.3, -0.25) is 0 Å². The Kier molecular flexibility index (Phi) is 4.56. The molecule has 0 aliphatic carbocycles. The minimum Gasteiger partial charge on any atom is -0.330 e. The standard InChI is InChI=1S/C17H26N4/c1-14(13-21-10-6-3-7-11-21)18-12-17-19-15-8-4-5-9-16(15)20(17)2/h4-5,8-9,14,18H,3,6-7,10-13H2,1-2H3. The van der Waals surface area contributed by atoms with Crippen molar-refractivity contribution in [1.82, 2.24) is 19.8 Å². The molecule has 1 saturated heterocycles. The van der Waals surface area contributed by atoms with E-state index >= 15 is 0 Å². The molecule has 1 fully saturated rings. The van der Waals surface area contributed by atoms with E-state index in [9.17, 15) is 0 Å². The number of fused-ring (bicyclic) bond motifs is 1. The molecule has 0 radical (unpaired) electrons. The molecule has 0 amide bonds. The van der Waals surface area contributed by atoms with Crippen LogP contribution in [0.2, 0.25) is 0 Å². The fourth-order valence-corrected chi connectivity index (χ4v) is 3.21. The number of nitrogens with zero attached hydrogens (tertiary/aromatic N) is 3. The highest BCUT2D eigenvalue weighted by atomic mass is 15.2. The highest BCUT2D eigenvalue weighted by molar-refractivity contribution is 5.75. The topological polar surface area (TPSA) is 33.1 Å². The molecule has 0 saturated carbocycles. The van der Waals surface area contributed by atoms with Gasteiger partial charge in [-0.1, -0.05) is 18.6 Å². The first kappa shape index (κ1) is 14.5. The van der Waals surface area contributed by atoms with Crippen LogP contribution in [-0.2, 0) is 13.6 Å². The van der Waals surface area contributed by atoms with Crippen molar-refractivity contribution in [2.45, 2.75) is 38.8 Å². The number of para-hydroxylation sites is 2. The Hall–Kier alpha value is -1.39. The van der Waals surface area contributed by atoms with E-state index in [-0.39, 0.29) is 0 Å². The first-order chi connectivity index (χ1) is 10.2. The summed E-state index contributed by atoms with van der Waals surface area (Å²) in [4.78, 5) is 7.30. The van der Waals surface area contributed by atoms with Gasteiger partial charge in [-0.25, -0.2) is 4.98 Å². The maximum Gasteiger partial charge on any atom is 0.123 e. The minimum atomic E-state index is 0.503. The lowest BCUT2D eigenvalue weighted by atomic mass is 10.1. The first-order valence-electron chi connectivity index (χ1n) is 8.10. The normalized spacial score (nSPS) is 18.2. The van der Waals surface area contributed by atoms with Crippen molar-refractivity contribution in [3.63, 3.8) is 0 Å². The molecule has 21 heavy (non-hydrogen) atoms. The molecule has 2 heterocycles. The van der Waals surface area contributed by atoms with Gasteiger partial charge in [0.25, 0.3) is 0 Å². The SMILES string of the molecule is CC(CN1CCCCC1)NCc1nc2ccccc2n1C. The second-order valence-corrected chi connectivity index (χ2v) is 6.22. The van der Waals surface area contributed by atoms with E-state index in [1.165, 1.54) is 37.9 Å². The average Bonchev–Trinajstić information content (AvgIpc) is 2.83. The second kappa shape index (κ2) is 6.58. The molecular formula is C17H26N4. The van der Waals surface area contributed by atoms with E-state index in [1.54, 1.807) is 0 Å². The average molecular weight is 286 g/mol. The monoisotopic (exact) mass is 286 g/mol. The number of benzene rings is 1. The largest absolute Gasteiger partial charge is 0.330 e. The van der Waals surface area contributed by atoms with Crippen molar-refractivity contribution in [3.05, 3.63) is 30.1 Å². The molecule has 114 valence electrons. The predicted molar refractivity (Wildman–Crippen MR) is 87.3 cm³/mol. The van der Waals surface area contributed by atoms with E-state index in [0.717, 1.165) is 24.4 Å². The summed E-state index contributed by atoms with van der Waals surface area (Å²) in [6.45, 7) is 6.78. The van der Waals surface area contributed by atoms with Gasteiger partial charge in [-0.2, -0.15) is 0 Å². The molecule has 1 aliphatic heterocycles. The number of nitrogens with one attached hydrogen (secondary N) is 1. The Labute approximate surface area is 127 Å². The number of hydrogen-bond donors (Lipinski definition) is 1. The number of aryl methyl sites for hydroxylation is 1. The molecule has 0 bridgehead atoms. The van der Waals surface area contributed by atoms with Gasteiger partial charge in [0.05, 0.1) is 17.6 Å². The summed E-state index contributed by atoms with van der Waals surface area (Å²) in [5, 5.41) is 3.62. The molecule has 1 aliphatic rings. The lowest BCUT2D eigenvalue weighted by molar-refractivity contribution is 0.208. The van der Waals surface area contributed by atoms with Crippen LogP contribution in [0.5, 0.6) is 0 Å². The maximum atomic E-state index is 4.72. The zero-order chi connectivity index (χ0) is 14.7. The van der Waals surface area contributed by atoms with E-state index in [2.05, 4.69) is 47.0 Å². The molecule has 4 heteroatoms. The van der Waals surface area contributed by atoms with Crippen molar-refractivity contribution in [2.24, 2.45) is 7.05 Å². The number of imidazole rings is 1. The molecular weight excluding hydrogens is 260 g/mol. The minimum absolute atomic E-state index is 0.503. The molecule has 3 rings (SSSR count). The van der Waals surface area contributed by atoms with Crippen LogP contribution in [0.1, 0.15) is 32.0 Å². The summed E-state index contributed by atoms with van der Waals surface area (Å²) in [5.74, 6) is 1.11. The van der Waals surface area contributed by atoms with Crippen LogP contribution < -0.4 is 5.32 Å². The molecule has 4 nitrogen and oxygen atoms in total. The van der Waals surface area contributed by atoms with Gasteiger partial charge in [0.15, 0.2) is 0 Å². The van der Waals surface area contributed by atoms with Gasteiger partial charge in [0, 0.05) is 19.6 Å². The Morgan fingerprint density at radius 3 is 2.71 bits per heavy atom. The van der Waals surface area contributed by atoms with Gasteiger partial charge >= 0.3 is 0 Å². The number of rotatable bonds is 5. The van der Waals surface area contributed by atoms with Crippen molar-refractivity contribution in [2.75, 3.05) is 19.6 Å². The van der Waals surface area contributed by atoms with Crippen LogP contribution in [0.4, 0.5) is 0 Å². The van der Waals surface area contributed by atoms with E-state index in [0.29, 0.717) is 6.04 Å². The van der Waals surface area contributed by atoms with Crippen LogP contribution in [0, 0.1) is 0 Å². The number of hydrogen-bond acceptors (Lipinski definition) is 3. The Bertz CT molecular complexity index is 583. The summed E-state index contributed by atoms with van der Waals surface area (Å²) in [6, 6.07) is 8.83. The van der Waals surface area contributed by atoms with Gasteiger partial charge < -0.3 is 14.8 Å². The molecule has 0 spiro atoms. The Balaban J connectivity index is 1.56. The lowest BCUT2D eigenvalue weighted by Gasteiger charge is -2.29. The second-order valence-electron chi connectivity index (χ2n) is 6.22. The highest BCUT2D eigenvalue weighted by Gasteiger charge is 2.14. The molecule has 1 aromatic carbocycles. The van der Waals surface area contributed by atoms with Gasteiger partial charge in [-0.05, 0) is 45.0 Å². The van der Waals surface area contributed by atoms with E-state index < -0.39 is 0 Å². The Morgan fingerprint density at radius 2 is 1.95 bits per heavy atom. The van der Waals surface area contributed by atoms with Crippen molar-refractivity contribution >= 4 is 11.0 Å². The number of aromatic nitrogens is 2.